The van der Waals surface area contributed by atoms with Crippen LogP contribution < -0.4 is 0 Å². The quantitative estimate of drug-likeness (QED) is 0.821. The van der Waals surface area contributed by atoms with Crippen LogP contribution in [0.1, 0.15) is 18.2 Å². The minimum absolute atomic E-state index is 0.0414. The van der Waals surface area contributed by atoms with E-state index in [2.05, 4.69) is 22.4 Å². The van der Waals surface area contributed by atoms with E-state index in [0.717, 1.165) is 32.7 Å². The van der Waals surface area contributed by atoms with Gasteiger partial charge < -0.3 is 14.7 Å². The van der Waals surface area contributed by atoms with E-state index in [1.54, 1.807) is 30.3 Å². The van der Waals surface area contributed by atoms with Crippen LogP contribution in [0.5, 0.6) is 0 Å². The fourth-order valence-electron chi connectivity index (χ4n) is 4.03. The van der Waals surface area contributed by atoms with Gasteiger partial charge in [-0.05, 0) is 18.4 Å². The first kappa shape index (κ1) is 18.2. The molecule has 0 aliphatic carbocycles. The van der Waals surface area contributed by atoms with Gasteiger partial charge in [-0.2, -0.15) is 0 Å². The Hall–Kier alpha value is -1.60. The molecule has 3 amide bonds. The number of hydrogen-bond donors (Lipinski definition) is 0. The second-order valence-corrected chi connectivity index (χ2v) is 8.51. The van der Waals surface area contributed by atoms with Gasteiger partial charge in [0.25, 0.3) is 0 Å². The van der Waals surface area contributed by atoms with Crippen molar-refractivity contribution in [3.63, 3.8) is 0 Å². The molecule has 1 atom stereocenters. The van der Waals surface area contributed by atoms with Crippen LogP contribution in [0.3, 0.4) is 0 Å². The largest absolute Gasteiger partial charge is 0.342 e. The highest BCUT2D eigenvalue weighted by Gasteiger charge is 2.46. The number of hydrogen-bond acceptors (Lipinski definition) is 4. The Morgan fingerprint density at radius 3 is 2.68 bits per heavy atom. The first-order valence-electron chi connectivity index (χ1n) is 8.91. The Balaban J connectivity index is 1.82. The summed E-state index contributed by atoms with van der Waals surface area (Å²) in [5, 5.41) is 2.10. The lowest BCUT2D eigenvalue weighted by Crippen LogP contribution is -2.47. The first-order valence-corrected chi connectivity index (χ1v) is 9.79. The number of thiophene rings is 1. The Bertz CT molecular complexity index is 619. The second kappa shape index (κ2) is 7.33. The summed E-state index contributed by atoms with van der Waals surface area (Å²) < 4.78 is 0. The zero-order chi connectivity index (χ0) is 18.0. The number of rotatable bonds is 3. The van der Waals surface area contributed by atoms with Gasteiger partial charge in [0.1, 0.15) is 0 Å². The molecule has 0 bridgehead atoms. The highest BCUT2D eigenvalue weighted by molar-refractivity contribution is 7.09. The van der Waals surface area contributed by atoms with Crippen LogP contribution in [0, 0.1) is 5.41 Å². The Labute approximate surface area is 154 Å². The van der Waals surface area contributed by atoms with E-state index in [-0.39, 0.29) is 17.4 Å². The summed E-state index contributed by atoms with van der Waals surface area (Å²) in [6, 6.07) is 4.27. The van der Waals surface area contributed by atoms with Gasteiger partial charge in [0, 0.05) is 76.6 Å². The monoisotopic (exact) mass is 364 g/mol. The summed E-state index contributed by atoms with van der Waals surface area (Å²) in [6.45, 7) is 7.50. The molecule has 6 nitrogen and oxygen atoms in total. The normalized spacial score (nSPS) is 24.8. The molecule has 3 rings (SSSR count). The van der Waals surface area contributed by atoms with Crippen molar-refractivity contribution < 1.29 is 9.59 Å². The third kappa shape index (κ3) is 3.98. The molecule has 2 fully saturated rings. The van der Waals surface area contributed by atoms with Crippen molar-refractivity contribution in [1.82, 2.24) is 19.6 Å². The predicted molar refractivity (Wildman–Crippen MR) is 99.6 cm³/mol. The van der Waals surface area contributed by atoms with Crippen LogP contribution in [-0.2, 0) is 11.3 Å². The zero-order valence-corrected chi connectivity index (χ0v) is 16.2. The van der Waals surface area contributed by atoms with Crippen LogP contribution in [0.25, 0.3) is 0 Å². The van der Waals surface area contributed by atoms with E-state index in [1.807, 2.05) is 16.7 Å². The zero-order valence-electron chi connectivity index (χ0n) is 15.4. The Morgan fingerprint density at radius 1 is 1.28 bits per heavy atom. The summed E-state index contributed by atoms with van der Waals surface area (Å²) in [5.74, 6) is 0.220. The van der Waals surface area contributed by atoms with Gasteiger partial charge in [0.05, 0.1) is 0 Å². The molecule has 0 aromatic carbocycles. The van der Waals surface area contributed by atoms with Crippen LogP contribution in [0.4, 0.5) is 4.79 Å². The third-order valence-electron chi connectivity index (χ3n) is 5.17. The second-order valence-electron chi connectivity index (χ2n) is 7.47. The highest BCUT2D eigenvalue weighted by atomic mass is 32.1. The number of urea groups is 1. The molecule has 3 heterocycles. The van der Waals surface area contributed by atoms with Crippen LogP contribution in [0.2, 0.25) is 0 Å². The average molecular weight is 365 g/mol. The number of carbonyl (C=O) groups excluding carboxylic acids is 2. The van der Waals surface area contributed by atoms with Gasteiger partial charge >= 0.3 is 6.03 Å². The number of amides is 3. The first-order chi connectivity index (χ1) is 11.9. The molecule has 0 saturated carbocycles. The average Bonchev–Trinajstić information content (AvgIpc) is 3.13. The molecule has 1 aromatic rings. The topological polar surface area (TPSA) is 47.1 Å². The van der Waals surface area contributed by atoms with E-state index in [0.29, 0.717) is 19.5 Å². The molecular formula is C18H28N4O2S. The SMILES string of the molecule is CCN1CC2(CC1=O)CN(Cc1cccs1)CCN(C(=O)N(C)C)C2. The summed E-state index contributed by atoms with van der Waals surface area (Å²) in [7, 11) is 3.59. The van der Waals surface area contributed by atoms with Gasteiger partial charge in [-0.15, -0.1) is 11.3 Å². The maximum Gasteiger partial charge on any atom is 0.319 e. The standard InChI is InChI=1S/C18H28N4O2S/c1-4-21-13-18(10-16(21)23)12-20(11-15-6-5-9-25-15)7-8-22(14-18)17(24)19(2)3/h5-6,9H,4,7-8,10-14H2,1-3H3. The summed E-state index contributed by atoms with van der Waals surface area (Å²) in [5.41, 5.74) is -0.160. The molecule has 25 heavy (non-hydrogen) atoms. The summed E-state index contributed by atoms with van der Waals surface area (Å²) in [4.78, 5) is 34.3. The molecule has 138 valence electrons. The maximum absolute atomic E-state index is 12.6. The Morgan fingerprint density at radius 2 is 2.08 bits per heavy atom. The van der Waals surface area contributed by atoms with Crippen molar-refractivity contribution in [3.05, 3.63) is 22.4 Å². The Kier molecular flexibility index (Phi) is 5.34. The lowest BCUT2D eigenvalue weighted by molar-refractivity contribution is -0.127. The molecule has 7 heteroatoms. The molecule has 2 aliphatic rings. The lowest BCUT2D eigenvalue weighted by atomic mass is 9.86. The summed E-state index contributed by atoms with van der Waals surface area (Å²) >= 11 is 1.76. The van der Waals surface area contributed by atoms with Gasteiger partial charge in [0.2, 0.25) is 5.91 Å². The highest BCUT2D eigenvalue weighted by Crippen LogP contribution is 2.35. The number of likely N-dealkylation sites (tertiary alicyclic amines) is 1. The fourth-order valence-corrected chi connectivity index (χ4v) is 4.78. The molecule has 0 N–H and O–H groups in total. The van der Waals surface area contributed by atoms with E-state index >= 15 is 0 Å². The third-order valence-corrected chi connectivity index (χ3v) is 6.03. The number of nitrogens with zero attached hydrogens (tertiary/aromatic N) is 4. The fraction of sp³-hybridized carbons (Fsp3) is 0.667. The molecule has 2 saturated heterocycles. The molecular weight excluding hydrogens is 336 g/mol. The van der Waals surface area contributed by atoms with Crippen molar-refractivity contribution >= 4 is 23.3 Å². The van der Waals surface area contributed by atoms with Gasteiger partial charge in [-0.1, -0.05) is 6.07 Å². The maximum atomic E-state index is 12.6. The van der Waals surface area contributed by atoms with Gasteiger partial charge in [-0.25, -0.2) is 4.79 Å². The van der Waals surface area contributed by atoms with E-state index in [1.165, 1.54) is 4.88 Å². The van der Waals surface area contributed by atoms with Crippen molar-refractivity contribution in [1.29, 1.82) is 0 Å². The van der Waals surface area contributed by atoms with Gasteiger partial charge in [0.15, 0.2) is 0 Å². The molecule has 1 spiro atoms. The minimum atomic E-state index is -0.160. The van der Waals surface area contributed by atoms with Crippen LogP contribution in [-0.4, -0.2) is 84.9 Å². The summed E-state index contributed by atoms with van der Waals surface area (Å²) in [6.07, 6.45) is 0.541. The molecule has 1 unspecified atom stereocenters. The van der Waals surface area contributed by atoms with E-state index < -0.39 is 0 Å². The van der Waals surface area contributed by atoms with E-state index in [9.17, 15) is 9.59 Å². The van der Waals surface area contributed by atoms with Crippen molar-refractivity contribution in [2.24, 2.45) is 5.41 Å². The molecule has 1 aromatic heterocycles. The van der Waals surface area contributed by atoms with Gasteiger partial charge in [-0.3, -0.25) is 9.69 Å². The lowest BCUT2D eigenvalue weighted by Gasteiger charge is -2.34. The molecule has 0 radical (unpaired) electrons. The molecule has 2 aliphatic heterocycles. The van der Waals surface area contributed by atoms with Crippen LogP contribution >= 0.6 is 11.3 Å². The number of carbonyl (C=O) groups is 2. The van der Waals surface area contributed by atoms with E-state index in [4.69, 9.17) is 0 Å². The predicted octanol–water partition coefficient (Wildman–Crippen LogP) is 1.79. The van der Waals surface area contributed by atoms with Crippen molar-refractivity contribution in [2.45, 2.75) is 19.9 Å². The van der Waals surface area contributed by atoms with Crippen molar-refractivity contribution in [3.8, 4) is 0 Å². The van der Waals surface area contributed by atoms with Crippen molar-refractivity contribution in [2.75, 3.05) is 53.4 Å². The minimum Gasteiger partial charge on any atom is -0.342 e. The smallest absolute Gasteiger partial charge is 0.319 e. The van der Waals surface area contributed by atoms with Crippen LogP contribution in [0.15, 0.2) is 17.5 Å².